The number of anilines is 6. The molecule has 0 spiro atoms. The summed E-state index contributed by atoms with van der Waals surface area (Å²) in [7, 11) is 0. The highest BCUT2D eigenvalue weighted by atomic mass is 15.2. The summed E-state index contributed by atoms with van der Waals surface area (Å²) in [4.78, 5) is 4.56. The van der Waals surface area contributed by atoms with Crippen molar-refractivity contribution in [3.63, 3.8) is 0 Å². The number of aromatic nitrogens is 4. The zero-order chi connectivity index (χ0) is 72.7. The standard InChI is InChI=1S/C82H57BN6/c1-82(2,3)52-48-77-79-78(49-52)89(74-43-23-35-64-62-33-15-21-41-72(62)87(81(64)74)54-26-8-5-9-27-54)76-51-56(85-69-38-18-12-30-59(69)60-31-13-19-39-70(60)85)45-47-66(76)83(79)65-46-44-55(84-67-36-16-10-28-57(67)58-29-11-17-37-68(58)84)50-75(65)88(77)73-42-22-34-63-61-32-14-20-40-71(61)86(80(63)73)53-24-6-4-7-25-53/h4-51H,1-3H3/i10D,11D,12D,13D,16D,17D,18D,19D,28D,29D,30D,31D,36D,37D,38D,39D. The Kier molecular flexibility index (Phi) is 7.67. The van der Waals surface area contributed by atoms with E-state index in [1.807, 2.05) is 97.1 Å². The second kappa shape index (κ2) is 18.6. The molecule has 0 atom stereocenters. The Labute approximate surface area is 537 Å². The molecular formula is C82H57BN6. The van der Waals surface area contributed by atoms with E-state index in [0.29, 0.717) is 22.7 Å². The van der Waals surface area contributed by atoms with Gasteiger partial charge >= 0.3 is 0 Å². The van der Waals surface area contributed by atoms with Crippen LogP contribution >= 0.6 is 0 Å². The molecule has 2 aliphatic heterocycles. The minimum absolute atomic E-state index is 0.0395. The van der Waals surface area contributed by atoms with Gasteiger partial charge in [0.1, 0.15) is 0 Å². The second-order valence-corrected chi connectivity index (χ2v) is 24.1. The van der Waals surface area contributed by atoms with E-state index in [9.17, 15) is 11.0 Å². The van der Waals surface area contributed by atoms with Gasteiger partial charge in [-0.3, -0.25) is 0 Å². The lowest BCUT2D eigenvalue weighted by molar-refractivity contribution is 0.590. The Hall–Kier alpha value is -11.3. The van der Waals surface area contributed by atoms with Gasteiger partial charge in [-0.25, -0.2) is 0 Å². The maximum absolute atomic E-state index is 9.71. The summed E-state index contributed by atoms with van der Waals surface area (Å²) in [6.07, 6.45) is 0. The Morgan fingerprint density at radius 2 is 0.663 bits per heavy atom. The molecule has 13 aromatic carbocycles. The molecule has 19 rings (SSSR count). The van der Waals surface area contributed by atoms with E-state index in [2.05, 4.69) is 137 Å². The van der Waals surface area contributed by atoms with Crippen LogP contribution in [0.1, 0.15) is 48.3 Å². The molecule has 0 fully saturated rings. The van der Waals surface area contributed by atoms with Crippen LogP contribution in [0.2, 0.25) is 0 Å². The number of fused-ring (bicyclic) bond motifs is 16. The van der Waals surface area contributed by atoms with Crippen molar-refractivity contribution in [3.05, 3.63) is 296 Å². The molecule has 0 bridgehead atoms. The fraction of sp³-hybridized carbons (Fsp3) is 0.0488. The van der Waals surface area contributed by atoms with Gasteiger partial charge < -0.3 is 28.1 Å². The molecule has 2 aliphatic rings. The summed E-state index contributed by atoms with van der Waals surface area (Å²) in [5.41, 5.74) is 12.9. The van der Waals surface area contributed by atoms with Crippen LogP contribution in [-0.2, 0) is 5.41 Å². The lowest BCUT2D eigenvalue weighted by Gasteiger charge is -2.45. The Balaban J connectivity index is 1.01. The van der Waals surface area contributed by atoms with E-state index in [-0.39, 0.29) is 43.6 Å². The molecule has 4 aromatic heterocycles. The first-order valence-electron chi connectivity index (χ1n) is 37.7. The van der Waals surface area contributed by atoms with Crippen molar-refractivity contribution >= 4 is 144 Å². The molecule has 0 unspecified atom stereocenters. The van der Waals surface area contributed by atoms with Crippen LogP contribution in [-0.4, -0.2) is 25.0 Å². The van der Waals surface area contributed by atoms with Crippen molar-refractivity contribution in [2.75, 3.05) is 9.80 Å². The first-order chi connectivity index (χ1) is 50.5. The second-order valence-electron chi connectivity index (χ2n) is 24.1. The van der Waals surface area contributed by atoms with Gasteiger partial charge in [0.05, 0.1) is 77.4 Å². The molecule has 0 radical (unpaired) electrons. The van der Waals surface area contributed by atoms with Crippen LogP contribution in [0.15, 0.2) is 291 Å². The van der Waals surface area contributed by atoms with Crippen molar-refractivity contribution < 1.29 is 21.9 Å². The average Bonchev–Trinajstić information content (AvgIpc) is 1.60. The SMILES string of the molecule is [2H]c1c([2H])c([2H])c2c(c1[2H])c1c([2H])c([2H])c([2H])c([2H])c1n2-c1ccc2c(c1)N(c1cccc3c4ccccc4n(-c4ccccc4)c13)c1cc(C(C)(C)C)cc3c1B2c1ccc(-n2c4c([2H])c([2H])c([2H])c([2H])c4c4c([2H])c([2H])c([2H])c([2H])c42)cc1N3c1cccc2c3ccccc3n(-c3ccccc3)c12. The molecule has 0 saturated carbocycles. The Bertz CT molecular complexity index is 6270. The third-order valence-corrected chi connectivity index (χ3v) is 18.3. The van der Waals surface area contributed by atoms with Gasteiger partial charge in [0.25, 0.3) is 6.71 Å². The molecule has 89 heavy (non-hydrogen) atoms. The minimum atomic E-state index is -0.705. The zero-order valence-electron chi connectivity index (χ0n) is 64.2. The Morgan fingerprint density at radius 1 is 0.292 bits per heavy atom. The van der Waals surface area contributed by atoms with Crippen molar-refractivity contribution in [1.82, 2.24) is 18.3 Å². The highest BCUT2D eigenvalue weighted by molar-refractivity contribution is 7.00. The van der Waals surface area contributed by atoms with Gasteiger partial charge in [-0.2, -0.15) is 0 Å². The zero-order valence-corrected chi connectivity index (χ0v) is 48.2. The van der Waals surface area contributed by atoms with E-state index < -0.39 is 109 Å². The highest BCUT2D eigenvalue weighted by Gasteiger charge is 2.46. The Morgan fingerprint density at radius 3 is 1.07 bits per heavy atom. The van der Waals surface area contributed by atoms with Crippen LogP contribution in [0.3, 0.4) is 0 Å². The normalized spacial score (nSPS) is 15.6. The smallest absolute Gasteiger partial charge is 0.252 e. The lowest BCUT2D eigenvalue weighted by atomic mass is 9.33. The molecule has 17 aromatic rings. The van der Waals surface area contributed by atoms with Crippen LogP contribution < -0.4 is 26.2 Å². The summed E-state index contributed by atoms with van der Waals surface area (Å²) >= 11 is 0. The molecule has 0 saturated heterocycles. The van der Waals surface area contributed by atoms with Gasteiger partial charge in [-0.1, -0.05) is 202 Å². The molecule has 0 aliphatic carbocycles. The molecule has 6 nitrogen and oxygen atoms in total. The van der Waals surface area contributed by atoms with Crippen LogP contribution in [0.4, 0.5) is 34.1 Å². The third-order valence-electron chi connectivity index (χ3n) is 18.3. The number of nitrogens with zero attached hydrogens (tertiary/aromatic N) is 6. The number of hydrogen-bond donors (Lipinski definition) is 0. The fourth-order valence-corrected chi connectivity index (χ4v) is 14.6. The van der Waals surface area contributed by atoms with E-state index in [1.54, 1.807) is 9.13 Å². The molecular weight excluding hydrogens is 1080 g/mol. The van der Waals surface area contributed by atoms with Gasteiger partial charge in [0.15, 0.2) is 0 Å². The number of para-hydroxylation sites is 10. The monoisotopic (exact) mass is 1150 g/mol. The van der Waals surface area contributed by atoms with Gasteiger partial charge in [-0.05, 0) is 136 Å². The molecule has 7 heteroatoms. The topological polar surface area (TPSA) is 26.2 Å². The highest BCUT2D eigenvalue weighted by Crippen LogP contribution is 2.52. The number of hydrogen-bond acceptors (Lipinski definition) is 2. The summed E-state index contributed by atoms with van der Waals surface area (Å²) in [5.74, 6) is 0. The predicted molar refractivity (Wildman–Crippen MR) is 377 cm³/mol. The maximum atomic E-state index is 9.71. The van der Waals surface area contributed by atoms with Crippen molar-refractivity contribution in [2.45, 2.75) is 26.2 Å². The number of benzene rings is 13. The summed E-state index contributed by atoms with van der Waals surface area (Å²) in [6.45, 7) is 5.79. The first kappa shape index (κ1) is 36.7. The van der Waals surface area contributed by atoms with Gasteiger partial charge in [-0.15, -0.1) is 0 Å². The largest absolute Gasteiger partial charge is 0.309 e. The van der Waals surface area contributed by atoms with E-state index >= 15 is 0 Å². The van der Waals surface area contributed by atoms with E-state index in [0.717, 1.165) is 99.7 Å². The maximum Gasteiger partial charge on any atom is 0.252 e. The molecule has 0 N–H and O–H groups in total. The first-order valence-corrected chi connectivity index (χ1v) is 29.7. The van der Waals surface area contributed by atoms with Crippen molar-refractivity contribution in [3.8, 4) is 22.7 Å². The fourth-order valence-electron chi connectivity index (χ4n) is 14.6. The van der Waals surface area contributed by atoms with Crippen LogP contribution in [0, 0.1) is 0 Å². The predicted octanol–water partition coefficient (Wildman–Crippen LogP) is 19.5. The summed E-state index contributed by atoms with van der Waals surface area (Å²) in [5, 5.41) is 3.63. The minimum Gasteiger partial charge on any atom is -0.309 e. The molecule has 6 heterocycles. The van der Waals surface area contributed by atoms with Crippen LogP contribution in [0.5, 0.6) is 0 Å². The third kappa shape index (κ3) is 7.04. The van der Waals surface area contributed by atoms with Gasteiger partial charge in [0, 0.05) is 88.6 Å². The van der Waals surface area contributed by atoms with Crippen LogP contribution in [0.25, 0.3) is 110 Å². The summed E-state index contributed by atoms with van der Waals surface area (Å²) < 4.78 is 157. The quantitative estimate of drug-likeness (QED) is 0.155. The van der Waals surface area contributed by atoms with Gasteiger partial charge in [0.2, 0.25) is 0 Å². The molecule has 0 amide bonds. The lowest BCUT2D eigenvalue weighted by Crippen LogP contribution is -2.61. The van der Waals surface area contributed by atoms with Crippen molar-refractivity contribution in [1.29, 1.82) is 0 Å². The average molecular weight is 1150 g/mol. The number of rotatable bonds is 6. The van der Waals surface area contributed by atoms with E-state index in [4.69, 9.17) is 11.0 Å². The van der Waals surface area contributed by atoms with Crippen molar-refractivity contribution in [2.24, 2.45) is 0 Å². The summed E-state index contributed by atoms with van der Waals surface area (Å²) in [6, 6.07) is 57.5. The molecule has 418 valence electrons. The van der Waals surface area contributed by atoms with E-state index in [1.165, 1.54) is 0 Å².